The standard InChI is InChI=1S/C21H22ClN5O4/c1-20(7-4-10-30-20)27-15-12(22)5-3-6-13(15)26-11-23-14(16(26)18(27)28)17-24-19(25-31-17)21(29-2)8-9-21/h3,5-6,11,14,16H,4,7-10H2,1-2H3. The maximum atomic E-state index is 13.9. The van der Waals surface area contributed by atoms with Gasteiger partial charge in [0.25, 0.3) is 11.8 Å². The van der Waals surface area contributed by atoms with Crippen LogP contribution >= 0.6 is 11.6 Å². The first-order valence-electron chi connectivity index (χ1n) is 10.4. The summed E-state index contributed by atoms with van der Waals surface area (Å²) < 4.78 is 17.2. The van der Waals surface area contributed by atoms with Crippen LogP contribution in [0, 0.1) is 0 Å². The Balaban J connectivity index is 1.43. The molecule has 0 N–H and O–H groups in total. The molecule has 3 atom stereocenters. The molecule has 1 amide bonds. The van der Waals surface area contributed by atoms with E-state index in [2.05, 4.69) is 15.1 Å². The molecule has 1 saturated heterocycles. The molecule has 31 heavy (non-hydrogen) atoms. The summed E-state index contributed by atoms with van der Waals surface area (Å²) in [5, 5.41) is 4.62. The predicted octanol–water partition coefficient (Wildman–Crippen LogP) is 3.19. The van der Waals surface area contributed by atoms with Crippen molar-refractivity contribution >= 4 is 35.2 Å². The second kappa shape index (κ2) is 6.51. The Morgan fingerprint density at radius 1 is 1.29 bits per heavy atom. The van der Waals surface area contributed by atoms with E-state index in [1.807, 2.05) is 24.0 Å². The third kappa shape index (κ3) is 2.63. The van der Waals surface area contributed by atoms with Crippen molar-refractivity contribution < 1.29 is 18.8 Å². The van der Waals surface area contributed by atoms with E-state index >= 15 is 0 Å². The molecule has 0 radical (unpaired) electrons. The van der Waals surface area contributed by atoms with E-state index in [9.17, 15) is 4.79 Å². The van der Waals surface area contributed by atoms with Crippen LogP contribution in [0.15, 0.2) is 27.7 Å². The topological polar surface area (TPSA) is 93.3 Å². The molecule has 1 aromatic heterocycles. The number of aromatic nitrogens is 2. The number of hydrogen-bond donors (Lipinski definition) is 0. The maximum absolute atomic E-state index is 13.9. The largest absolute Gasteiger partial charge is 0.370 e. The Bertz CT molecular complexity index is 1090. The first-order valence-corrected chi connectivity index (χ1v) is 10.8. The van der Waals surface area contributed by atoms with Crippen LogP contribution in [0.4, 0.5) is 11.4 Å². The Morgan fingerprint density at radius 2 is 2.13 bits per heavy atom. The fourth-order valence-corrected chi connectivity index (χ4v) is 5.13. The van der Waals surface area contributed by atoms with Crippen LogP contribution in [0.3, 0.4) is 0 Å². The van der Waals surface area contributed by atoms with Gasteiger partial charge in [-0.25, -0.2) is 0 Å². The summed E-state index contributed by atoms with van der Waals surface area (Å²) in [7, 11) is 1.64. The number of methoxy groups -OCH3 is 1. The third-order valence-electron chi connectivity index (χ3n) is 6.76. The van der Waals surface area contributed by atoms with E-state index in [1.54, 1.807) is 24.4 Å². The quantitative estimate of drug-likeness (QED) is 0.716. The number of rotatable bonds is 4. The molecule has 0 bridgehead atoms. The summed E-state index contributed by atoms with van der Waals surface area (Å²) in [5.41, 5.74) is 0.196. The summed E-state index contributed by atoms with van der Waals surface area (Å²) in [6, 6.07) is 4.31. The highest BCUT2D eigenvalue weighted by Gasteiger charge is 2.55. The number of benzene rings is 1. The van der Waals surface area contributed by atoms with Gasteiger partial charge in [-0.15, -0.1) is 0 Å². The molecule has 6 rings (SSSR count). The molecule has 4 heterocycles. The Labute approximate surface area is 184 Å². The van der Waals surface area contributed by atoms with Crippen LogP contribution in [0.25, 0.3) is 0 Å². The van der Waals surface area contributed by atoms with Crippen LogP contribution in [0.5, 0.6) is 0 Å². The van der Waals surface area contributed by atoms with Gasteiger partial charge < -0.3 is 18.9 Å². The van der Waals surface area contributed by atoms with E-state index in [1.165, 1.54) is 0 Å². The van der Waals surface area contributed by atoms with E-state index in [4.69, 9.17) is 25.6 Å². The maximum Gasteiger partial charge on any atom is 0.255 e. The van der Waals surface area contributed by atoms with Crippen molar-refractivity contribution in [2.45, 2.75) is 56.0 Å². The predicted molar refractivity (Wildman–Crippen MR) is 112 cm³/mol. The molecule has 162 valence electrons. The van der Waals surface area contributed by atoms with Gasteiger partial charge in [-0.1, -0.05) is 22.8 Å². The molecule has 0 spiro atoms. The highest BCUT2D eigenvalue weighted by molar-refractivity contribution is 6.35. The second-order valence-corrected chi connectivity index (χ2v) is 9.03. The minimum Gasteiger partial charge on any atom is -0.370 e. The highest BCUT2D eigenvalue weighted by atomic mass is 35.5. The molecular weight excluding hydrogens is 422 g/mol. The molecule has 10 heteroatoms. The molecule has 1 aliphatic carbocycles. The summed E-state index contributed by atoms with van der Waals surface area (Å²) in [4.78, 5) is 26.6. The summed E-state index contributed by atoms with van der Waals surface area (Å²) in [5.74, 6) is 0.659. The SMILES string of the molecule is COC1(c2noc(C3N=CN4c5cccc(Cl)c5N(C5(C)CCCO5)C(=O)C34)n2)CC1. The number of carbonyl (C=O) groups is 1. The fourth-order valence-electron chi connectivity index (χ4n) is 4.87. The minimum absolute atomic E-state index is 0.153. The molecule has 1 aromatic carbocycles. The number of anilines is 2. The summed E-state index contributed by atoms with van der Waals surface area (Å²) >= 11 is 6.59. The van der Waals surface area contributed by atoms with E-state index < -0.39 is 23.4 Å². The molecule has 4 aliphatic rings. The fraction of sp³-hybridized carbons (Fsp3) is 0.524. The van der Waals surface area contributed by atoms with Gasteiger partial charge in [0.05, 0.1) is 22.7 Å². The van der Waals surface area contributed by atoms with Gasteiger partial charge in [0.1, 0.15) is 17.4 Å². The van der Waals surface area contributed by atoms with Gasteiger partial charge in [-0.05, 0) is 44.7 Å². The molecule has 9 nitrogen and oxygen atoms in total. The monoisotopic (exact) mass is 443 g/mol. The number of carbonyl (C=O) groups excluding carboxylic acids is 1. The van der Waals surface area contributed by atoms with E-state index in [0.29, 0.717) is 29.0 Å². The zero-order valence-electron chi connectivity index (χ0n) is 17.2. The molecule has 3 aliphatic heterocycles. The average molecular weight is 444 g/mol. The van der Waals surface area contributed by atoms with Crippen molar-refractivity contribution in [2.75, 3.05) is 23.5 Å². The Morgan fingerprint density at radius 3 is 2.84 bits per heavy atom. The Hall–Kier alpha value is -2.49. The molecule has 2 aromatic rings. The zero-order valence-corrected chi connectivity index (χ0v) is 18.0. The highest BCUT2D eigenvalue weighted by Crippen LogP contribution is 2.51. The number of halogens is 1. The lowest BCUT2D eigenvalue weighted by molar-refractivity contribution is -0.125. The number of para-hydroxylation sites is 1. The van der Waals surface area contributed by atoms with E-state index in [0.717, 1.165) is 31.4 Å². The number of aliphatic imine (C=N–C) groups is 1. The van der Waals surface area contributed by atoms with Crippen LogP contribution in [-0.4, -0.2) is 47.9 Å². The second-order valence-electron chi connectivity index (χ2n) is 8.62. The number of amides is 1. The molecule has 2 fully saturated rings. The van der Waals surface area contributed by atoms with Crippen LogP contribution in [0.1, 0.15) is 50.4 Å². The Kier molecular flexibility index (Phi) is 4.03. The summed E-state index contributed by atoms with van der Waals surface area (Å²) in [6.45, 7) is 2.53. The van der Waals surface area contributed by atoms with Crippen molar-refractivity contribution in [3.05, 3.63) is 34.9 Å². The smallest absolute Gasteiger partial charge is 0.255 e. The molecular formula is C21H22ClN5O4. The first kappa shape index (κ1) is 19.2. The summed E-state index contributed by atoms with van der Waals surface area (Å²) in [6.07, 6.45) is 4.95. The van der Waals surface area contributed by atoms with E-state index in [-0.39, 0.29) is 5.91 Å². The van der Waals surface area contributed by atoms with Crippen molar-refractivity contribution in [3.63, 3.8) is 0 Å². The number of hydrogen-bond acceptors (Lipinski definition) is 8. The minimum atomic E-state index is -0.774. The van der Waals surface area contributed by atoms with Gasteiger partial charge in [0, 0.05) is 13.7 Å². The normalized spacial score (nSPS) is 30.6. The van der Waals surface area contributed by atoms with Crippen molar-refractivity contribution in [1.29, 1.82) is 0 Å². The van der Waals surface area contributed by atoms with Crippen molar-refractivity contribution in [2.24, 2.45) is 4.99 Å². The third-order valence-corrected chi connectivity index (χ3v) is 7.06. The number of ether oxygens (including phenoxy) is 2. The van der Waals surface area contributed by atoms with Crippen LogP contribution in [0.2, 0.25) is 5.02 Å². The first-order chi connectivity index (χ1) is 15.0. The van der Waals surface area contributed by atoms with Gasteiger partial charge >= 0.3 is 0 Å². The molecule has 1 saturated carbocycles. The average Bonchev–Trinajstić information content (AvgIpc) is 3.13. The van der Waals surface area contributed by atoms with Gasteiger partial charge in [0.15, 0.2) is 6.04 Å². The van der Waals surface area contributed by atoms with Crippen LogP contribution in [-0.2, 0) is 19.9 Å². The van der Waals surface area contributed by atoms with Gasteiger partial charge in [0.2, 0.25) is 5.82 Å². The molecule has 3 unspecified atom stereocenters. The van der Waals surface area contributed by atoms with Crippen molar-refractivity contribution in [3.8, 4) is 0 Å². The number of nitrogens with zero attached hydrogens (tertiary/aromatic N) is 5. The van der Waals surface area contributed by atoms with Crippen LogP contribution < -0.4 is 9.80 Å². The lowest BCUT2D eigenvalue weighted by Gasteiger charge is -2.46. The number of fused-ring (bicyclic) bond motifs is 3. The van der Waals surface area contributed by atoms with Gasteiger partial charge in [-0.3, -0.25) is 14.7 Å². The van der Waals surface area contributed by atoms with Gasteiger partial charge in [-0.2, -0.15) is 4.98 Å². The zero-order chi connectivity index (χ0) is 21.4. The van der Waals surface area contributed by atoms with Crippen molar-refractivity contribution in [1.82, 2.24) is 10.1 Å². The lowest BCUT2D eigenvalue weighted by atomic mass is 9.97. The lowest BCUT2D eigenvalue weighted by Crippen LogP contribution is -2.60.